The number of nitrogens with one attached hydrogen (secondary N) is 1. The van der Waals surface area contributed by atoms with Crippen molar-refractivity contribution >= 4 is 12.2 Å². The van der Waals surface area contributed by atoms with E-state index >= 15 is 0 Å². The summed E-state index contributed by atoms with van der Waals surface area (Å²) in [6.45, 7) is 13.2. The largest absolute Gasteiger partial charge is 0.362 e. The zero-order valence-corrected chi connectivity index (χ0v) is 14.4. The van der Waals surface area contributed by atoms with Gasteiger partial charge in [-0.05, 0) is 49.7 Å². The monoisotopic (exact) mass is 287 g/mol. The van der Waals surface area contributed by atoms with Crippen molar-refractivity contribution in [3.05, 3.63) is 35.0 Å². The van der Waals surface area contributed by atoms with Crippen LogP contribution in [0.15, 0.2) is 24.4 Å². The summed E-state index contributed by atoms with van der Waals surface area (Å²) in [7, 11) is 0. The Labute approximate surface area is 130 Å². The molecule has 0 radical (unpaired) electrons. The molecule has 1 N–H and O–H groups in total. The van der Waals surface area contributed by atoms with E-state index in [0.29, 0.717) is 0 Å². The highest BCUT2D eigenvalue weighted by atomic mass is 14.6. The summed E-state index contributed by atoms with van der Waals surface area (Å²) < 4.78 is 0. The number of hydrogen-bond acceptors (Lipinski definition) is 0. The number of hydrogen-bond donors (Lipinski definition) is 1. The van der Waals surface area contributed by atoms with E-state index in [0.717, 1.165) is 23.6 Å². The van der Waals surface area contributed by atoms with Gasteiger partial charge in [0, 0.05) is 16.8 Å². The lowest BCUT2D eigenvalue weighted by molar-refractivity contribution is 0.282. The molecule has 118 valence electrons. The van der Waals surface area contributed by atoms with E-state index in [1.54, 1.807) is 0 Å². The topological polar surface area (TPSA) is 15.8 Å². The summed E-state index contributed by atoms with van der Waals surface area (Å²) in [5.74, 6) is 1.79. The summed E-state index contributed by atoms with van der Waals surface area (Å²) >= 11 is 0. The first-order chi connectivity index (χ1) is 10.2. The Morgan fingerprint density at radius 2 is 1.86 bits per heavy atom. The Morgan fingerprint density at radius 3 is 2.33 bits per heavy atom. The van der Waals surface area contributed by atoms with Crippen LogP contribution in [0.3, 0.4) is 0 Å². The highest BCUT2D eigenvalue weighted by Gasteiger charge is 2.16. The van der Waals surface area contributed by atoms with Gasteiger partial charge in [-0.1, -0.05) is 58.8 Å². The molecule has 1 nitrogen and oxygen atoms in total. The molecule has 0 aliphatic carbocycles. The van der Waals surface area contributed by atoms with Gasteiger partial charge in [0.15, 0.2) is 0 Å². The average molecular weight is 287 g/mol. The van der Waals surface area contributed by atoms with Crippen LogP contribution in [0.25, 0.3) is 12.2 Å². The lowest BCUT2D eigenvalue weighted by Gasteiger charge is -2.24. The molecule has 0 spiro atoms. The van der Waals surface area contributed by atoms with Crippen molar-refractivity contribution in [2.45, 2.75) is 66.2 Å². The molecule has 1 aromatic heterocycles. The van der Waals surface area contributed by atoms with E-state index in [1.807, 2.05) is 6.20 Å². The molecule has 0 aliphatic heterocycles. The first kappa shape index (κ1) is 17.8. The second kappa shape index (κ2) is 9.65. The van der Waals surface area contributed by atoms with E-state index in [1.165, 1.54) is 42.9 Å². The van der Waals surface area contributed by atoms with Crippen LogP contribution in [0.4, 0.5) is 0 Å². The molecule has 21 heavy (non-hydrogen) atoms. The van der Waals surface area contributed by atoms with Crippen molar-refractivity contribution in [2.75, 3.05) is 0 Å². The quantitative estimate of drug-likeness (QED) is 0.672. The molecule has 1 unspecified atom stereocenters. The van der Waals surface area contributed by atoms with Gasteiger partial charge >= 0.3 is 0 Å². The smallest absolute Gasteiger partial charge is 0.0383 e. The molecule has 0 saturated carbocycles. The Bertz CT molecular complexity index is 516. The Hall–Kier alpha value is -1.24. The average Bonchev–Trinajstić information content (AvgIpc) is 2.91. The van der Waals surface area contributed by atoms with Crippen LogP contribution in [0.5, 0.6) is 0 Å². The van der Waals surface area contributed by atoms with Crippen LogP contribution in [-0.2, 0) is 0 Å². The van der Waals surface area contributed by atoms with Crippen LogP contribution in [0, 0.1) is 11.8 Å². The minimum absolute atomic E-state index is 0.886. The van der Waals surface area contributed by atoms with Crippen molar-refractivity contribution in [1.29, 1.82) is 0 Å². The summed E-state index contributed by atoms with van der Waals surface area (Å²) in [5, 5.41) is 2.32. The van der Waals surface area contributed by atoms with E-state index < -0.39 is 0 Å². The van der Waals surface area contributed by atoms with Gasteiger partial charge in [0.05, 0.1) is 0 Å². The Morgan fingerprint density at radius 1 is 1.19 bits per heavy atom. The second-order valence-corrected chi connectivity index (χ2v) is 6.03. The lowest BCUT2D eigenvalue weighted by atomic mass is 9.82. The van der Waals surface area contributed by atoms with Gasteiger partial charge in [-0.2, -0.15) is 0 Å². The fourth-order valence-corrected chi connectivity index (χ4v) is 3.50. The Kier molecular flexibility index (Phi) is 8.19. The zero-order chi connectivity index (χ0) is 15.7. The molecule has 0 aromatic carbocycles. The predicted molar refractivity (Wildman–Crippen MR) is 95.5 cm³/mol. The van der Waals surface area contributed by atoms with E-state index in [9.17, 15) is 0 Å². The number of allylic oxidation sites excluding steroid dienone is 2. The van der Waals surface area contributed by atoms with Gasteiger partial charge in [0.2, 0.25) is 0 Å². The van der Waals surface area contributed by atoms with E-state index in [-0.39, 0.29) is 0 Å². The van der Waals surface area contributed by atoms with Crippen LogP contribution in [0.1, 0.15) is 66.2 Å². The normalized spacial score (nSPS) is 14.9. The van der Waals surface area contributed by atoms with Gasteiger partial charge < -0.3 is 4.98 Å². The van der Waals surface area contributed by atoms with Crippen molar-refractivity contribution in [3.63, 3.8) is 0 Å². The van der Waals surface area contributed by atoms with Crippen LogP contribution < -0.4 is 10.6 Å². The highest BCUT2D eigenvalue weighted by Crippen LogP contribution is 2.28. The number of rotatable bonds is 9. The predicted octanol–water partition coefficient (Wildman–Crippen LogP) is 4.78. The molecular weight excluding hydrogens is 254 g/mol. The summed E-state index contributed by atoms with van der Waals surface area (Å²) in [5.41, 5.74) is 1.42. The minimum atomic E-state index is 0.886. The zero-order valence-electron chi connectivity index (χ0n) is 14.4. The molecule has 1 heterocycles. The lowest BCUT2D eigenvalue weighted by Crippen LogP contribution is -2.22. The number of aromatic amines is 1. The van der Waals surface area contributed by atoms with Crippen molar-refractivity contribution in [2.24, 2.45) is 11.8 Å². The highest BCUT2D eigenvalue weighted by molar-refractivity contribution is 5.56. The number of aromatic nitrogens is 1. The molecule has 1 atom stereocenters. The minimum Gasteiger partial charge on any atom is -0.362 e. The van der Waals surface area contributed by atoms with E-state index in [4.69, 9.17) is 0 Å². The van der Waals surface area contributed by atoms with Crippen molar-refractivity contribution in [1.82, 2.24) is 4.98 Å². The molecule has 1 heteroatoms. The van der Waals surface area contributed by atoms with Gasteiger partial charge in [-0.15, -0.1) is 0 Å². The van der Waals surface area contributed by atoms with Crippen molar-refractivity contribution in [3.8, 4) is 0 Å². The van der Waals surface area contributed by atoms with Crippen LogP contribution in [0.2, 0.25) is 0 Å². The molecule has 0 bridgehead atoms. The third-order valence-corrected chi connectivity index (χ3v) is 4.81. The molecule has 0 saturated heterocycles. The fraction of sp³-hybridized carbons (Fsp3) is 0.600. The first-order valence-corrected chi connectivity index (χ1v) is 8.65. The first-order valence-electron chi connectivity index (χ1n) is 8.65. The molecule has 1 aromatic rings. The molecule has 1 rings (SSSR count). The third-order valence-electron chi connectivity index (χ3n) is 4.81. The van der Waals surface area contributed by atoms with Gasteiger partial charge in [-0.3, -0.25) is 0 Å². The Balaban J connectivity index is 2.72. The summed E-state index contributed by atoms with van der Waals surface area (Å²) in [6.07, 6.45) is 14.1. The molecule has 0 fully saturated rings. The van der Waals surface area contributed by atoms with Crippen molar-refractivity contribution < 1.29 is 0 Å². The molecule has 0 amide bonds. The summed E-state index contributed by atoms with van der Waals surface area (Å²) in [4.78, 5) is 3.19. The van der Waals surface area contributed by atoms with Gasteiger partial charge in [0.1, 0.15) is 0 Å². The maximum Gasteiger partial charge on any atom is 0.0383 e. The second-order valence-electron chi connectivity index (χ2n) is 6.03. The van der Waals surface area contributed by atoms with Gasteiger partial charge in [0.25, 0.3) is 0 Å². The maximum absolute atomic E-state index is 4.09. The standard InChI is InChI=1S/C20H33N/c1-6-11-19(20-14-15-21-16(20)5)13-10-12-18(9-4)17(7-2)8-3/h6,11,14-15,17-18,21H,5,7-10,12-13H2,1-4H3/b11-6-,20-19+. The number of H-pyrrole nitrogens is 1. The molecular formula is C20H33N. The third kappa shape index (κ3) is 5.22. The SMILES string of the molecule is C=c1[nH]cc/c1=C(/C=C\C)CCCC(CC)C(CC)CC. The van der Waals surface area contributed by atoms with Gasteiger partial charge in [-0.25, -0.2) is 0 Å². The molecule has 0 aliphatic rings. The summed E-state index contributed by atoms with van der Waals surface area (Å²) in [6, 6.07) is 2.15. The maximum atomic E-state index is 4.09. The van der Waals surface area contributed by atoms with Crippen LogP contribution in [-0.4, -0.2) is 4.98 Å². The fourth-order valence-electron chi connectivity index (χ4n) is 3.50. The van der Waals surface area contributed by atoms with Crippen LogP contribution >= 0.6 is 0 Å². The van der Waals surface area contributed by atoms with E-state index in [2.05, 4.69) is 57.5 Å².